The Labute approximate surface area is 175 Å². The van der Waals surface area contributed by atoms with E-state index in [0.717, 1.165) is 31.5 Å². The van der Waals surface area contributed by atoms with Crippen LogP contribution in [0.3, 0.4) is 0 Å². The number of nitrogens with zero attached hydrogens (tertiary/aromatic N) is 2. The first-order valence-corrected chi connectivity index (χ1v) is 11.1. The van der Waals surface area contributed by atoms with Crippen LogP contribution in [-0.4, -0.2) is 60.0 Å². The van der Waals surface area contributed by atoms with Gasteiger partial charge in [-0.1, -0.05) is 42.7 Å². The summed E-state index contributed by atoms with van der Waals surface area (Å²) in [5.41, 5.74) is 2.35. The fourth-order valence-corrected chi connectivity index (χ4v) is 4.61. The van der Waals surface area contributed by atoms with Gasteiger partial charge in [0.05, 0.1) is 6.04 Å². The molecule has 1 aliphatic heterocycles. The van der Waals surface area contributed by atoms with E-state index in [1.807, 2.05) is 24.8 Å². The number of benzene rings is 1. The van der Waals surface area contributed by atoms with Crippen molar-refractivity contribution in [1.29, 1.82) is 0 Å². The lowest BCUT2D eigenvalue weighted by Crippen LogP contribution is -2.59. The minimum absolute atomic E-state index is 0.000894. The molecular weight excluding hydrogens is 364 g/mol. The molecule has 6 nitrogen and oxygen atoms in total. The smallest absolute Gasteiger partial charge is 0.317 e. The third-order valence-corrected chi connectivity index (χ3v) is 6.07. The first-order chi connectivity index (χ1) is 13.9. The van der Waals surface area contributed by atoms with Crippen LogP contribution in [0.15, 0.2) is 24.3 Å². The Kier molecular flexibility index (Phi) is 7.53. The second-order valence-corrected chi connectivity index (χ2v) is 8.82. The van der Waals surface area contributed by atoms with Crippen LogP contribution in [-0.2, 0) is 11.3 Å². The van der Waals surface area contributed by atoms with E-state index in [-0.39, 0.29) is 24.0 Å². The van der Waals surface area contributed by atoms with Gasteiger partial charge >= 0.3 is 6.03 Å². The molecule has 2 fully saturated rings. The number of aryl methyl sites for hydroxylation is 1. The van der Waals surface area contributed by atoms with Crippen molar-refractivity contribution < 1.29 is 9.59 Å². The summed E-state index contributed by atoms with van der Waals surface area (Å²) in [5.74, 6) is 0.557. The average molecular weight is 401 g/mol. The minimum Gasteiger partial charge on any atom is -0.351 e. The van der Waals surface area contributed by atoms with E-state index < -0.39 is 0 Å². The van der Waals surface area contributed by atoms with Crippen LogP contribution in [0.2, 0.25) is 0 Å². The Bertz CT molecular complexity index is 692. The molecule has 1 saturated carbocycles. The highest BCUT2D eigenvalue weighted by Gasteiger charge is 2.37. The van der Waals surface area contributed by atoms with Crippen molar-refractivity contribution in [3.8, 4) is 0 Å². The van der Waals surface area contributed by atoms with Gasteiger partial charge in [-0.3, -0.25) is 9.69 Å². The molecule has 1 aromatic rings. The minimum atomic E-state index is -0.0855. The van der Waals surface area contributed by atoms with Crippen molar-refractivity contribution in [2.45, 2.75) is 65.1 Å². The van der Waals surface area contributed by atoms with Crippen LogP contribution in [0, 0.1) is 12.8 Å². The molecule has 1 saturated heterocycles. The van der Waals surface area contributed by atoms with Crippen LogP contribution in [0.4, 0.5) is 4.79 Å². The van der Waals surface area contributed by atoms with Gasteiger partial charge in [0, 0.05) is 38.8 Å². The molecule has 1 heterocycles. The summed E-state index contributed by atoms with van der Waals surface area (Å²) < 4.78 is 0. The molecule has 3 amide bonds. The molecule has 0 aromatic heterocycles. The van der Waals surface area contributed by atoms with Gasteiger partial charge in [0.25, 0.3) is 0 Å². The van der Waals surface area contributed by atoms with Crippen LogP contribution in [0.1, 0.15) is 50.7 Å². The highest BCUT2D eigenvalue weighted by atomic mass is 16.2. The van der Waals surface area contributed by atoms with Crippen molar-refractivity contribution in [1.82, 2.24) is 20.4 Å². The zero-order chi connectivity index (χ0) is 20.8. The Morgan fingerprint density at radius 3 is 2.41 bits per heavy atom. The third-order valence-electron chi connectivity index (χ3n) is 6.07. The second kappa shape index (κ2) is 10.1. The van der Waals surface area contributed by atoms with E-state index in [1.165, 1.54) is 18.4 Å². The molecule has 6 heteroatoms. The quantitative estimate of drug-likeness (QED) is 0.772. The normalized spacial score (nSPS) is 19.4. The van der Waals surface area contributed by atoms with Gasteiger partial charge in [0.15, 0.2) is 0 Å². The fraction of sp³-hybridized carbons (Fsp3) is 0.652. The highest BCUT2D eigenvalue weighted by Crippen LogP contribution is 2.31. The predicted molar refractivity (Wildman–Crippen MR) is 116 cm³/mol. The molecule has 0 radical (unpaired) electrons. The molecule has 1 atom stereocenters. The van der Waals surface area contributed by atoms with Gasteiger partial charge in [-0.15, -0.1) is 0 Å². The number of amides is 3. The van der Waals surface area contributed by atoms with E-state index in [4.69, 9.17) is 0 Å². The fourth-order valence-electron chi connectivity index (χ4n) is 4.61. The zero-order valence-electron chi connectivity index (χ0n) is 18.1. The Hall–Kier alpha value is -2.08. The van der Waals surface area contributed by atoms with Gasteiger partial charge in [0.2, 0.25) is 5.91 Å². The van der Waals surface area contributed by atoms with Gasteiger partial charge in [0.1, 0.15) is 0 Å². The first kappa shape index (κ1) is 21.6. The number of hydrogen-bond donors (Lipinski definition) is 2. The van der Waals surface area contributed by atoms with E-state index in [0.29, 0.717) is 25.6 Å². The largest absolute Gasteiger partial charge is 0.351 e. The van der Waals surface area contributed by atoms with Gasteiger partial charge < -0.3 is 15.5 Å². The molecule has 3 rings (SSSR count). The molecule has 2 N–H and O–H groups in total. The molecule has 1 aliphatic carbocycles. The average Bonchev–Trinajstić information content (AvgIpc) is 3.21. The summed E-state index contributed by atoms with van der Waals surface area (Å²) >= 11 is 0. The summed E-state index contributed by atoms with van der Waals surface area (Å²) in [6.07, 6.45) is 4.67. The van der Waals surface area contributed by atoms with Crippen LogP contribution in [0.25, 0.3) is 0 Å². The number of hydrogen-bond acceptors (Lipinski definition) is 3. The molecule has 2 aliphatic rings. The number of nitrogens with one attached hydrogen (secondary N) is 2. The summed E-state index contributed by atoms with van der Waals surface area (Å²) in [6, 6.07) is 8.34. The Morgan fingerprint density at radius 2 is 1.79 bits per heavy atom. The Balaban J connectivity index is 1.60. The molecule has 1 aromatic carbocycles. The van der Waals surface area contributed by atoms with Crippen molar-refractivity contribution in [3.63, 3.8) is 0 Å². The van der Waals surface area contributed by atoms with E-state index >= 15 is 0 Å². The number of carbonyl (C=O) groups excluding carboxylic acids is 2. The summed E-state index contributed by atoms with van der Waals surface area (Å²) in [6.45, 7) is 9.45. The summed E-state index contributed by atoms with van der Waals surface area (Å²) in [5, 5.41) is 6.15. The Morgan fingerprint density at radius 1 is 1.10 bits per heavy atom. The predicted octanol–water partition coefficient (Wildman–Crippen LogP) is 2.91. The standard InChI is InChI=1S/C23H36N4O2/c1-17(2)25-23(29)27-13-11-26(12-14-27)21(20-9-4-5-10-20)22(28)24-16-19-8-6-7-18(3)15-19/h6-8,15,17,20-21H,4-5,9-14,16H2,1-3H3,(H,24,28)(H,25,29). The van der Waals surface area contributed by atoms with E-state index in [2.05, 4.69) is 40.7 Å². The monoisotopic (exact) mass is 400 g/mol. The maximum atomic E-state index is 13.2. The van der Waals surface area contributed by atoms with Crippen LogP contribution in [0.5, 0.6) is 0 Å². The first-order valence-electron chi connectivity index (χ1n) is 11.1. The summed E-state index contributed by atoms with van der Waals surface area (Å²) in [4.78, 5) is 29.7. The van der Waals surface area contributed by atoms with Crippen LogP contribution < -0.4 is 10.6 Å². The van der Waals surface area contributed by atoms with Gasteiger partial charge in [-0.2, -0.15) is 0 Å². The van der Waals surface area contributed by atoms with Crippen molar-refractivity contribution in [2.75, 3.05) is 26.2 Å². The maximum absolute atomic E-state index is 13.2. The van der Waals surface area contributed by atoms with Gasteiger partial charge in [-0.25, -0.2) is 4.79 Å². The molecule has 0 spiro atoms. The second-order valence-electron chi connectivity index (χ2n) is 8.82. The van der Waals surface area contributed by atoms with Crippen LogP contribution >= 0.6 is 0 Å². The molecule has 1 unspecified atom stereocenters. The highest BCUT2D eigenvalue weighted by molar-refractivity contribution is 5.82. The number of urea groups is 1. The van der Waals surface area contributed by atoms with E-state index in [1.54, 1.807) is 0 Å². The molecule has 0 bridgehead atoms. The number of carbonyl (C=O) groups is 2. The number of rotatable bonds is 6. The lowest BCUT2D eigenvalue weighted by Gasteiger charge is -2.40. The molecule has 29 heavy (non-hydrogen) atoms. The van der Waals surface area contributed by atoms with Crippen molar-refractivity contribution in [2.24, 2.45) is 5.92 Å². The SMILES string of the molecule is Cc1cccc(CNC(=O)C(C2CCCC2)N2CCN(C(=O)NC(C)C)CC2)c1. The van der Waals surface area contributed by atoms with Crippen molar-refractivity contribution in [3.05, 3.63) is 35.4 Å². The lowest BCUT2D eigenvalue weighted by molar-refractivity contribution is -0.129. The number of piperazine rings is 1. The van der Waals surface area contributed by atoms with Crippen molar-refractivity contribution >= 4 is 11.9 Å². The topological polar surface area (TPSA) is 64.7 Å². The maximum Gasteiger partial charge on any atom is 0.317 e. The lowest BCUT2D eigenvalue weighted by atomic mass is 9.95. The van der Waals surface area contributed by atoms with Gasteiger partial charge in [-0.05, 0) is 45.1 Å². The summed E-state index contributed by atoms with van der Waals surface area (Å²) in [7, 11) is 0. The molecular formula is C23H36N4O2. The molecule has 160 valence electrons. The van der Waals surface area contributed by atoms with E-state index in [9.17, 15) is 9.59 Å². The zero-order valence-corrected chi connectivity index (χ0v) is 18.1. The third kappa shape index (κ3) is 5.95.